The van der Waals surface area contributed by atoms with Gasteiger partial charge in [-0.1, -0.05) is 30.3 Å². The van der Waals surface area contributed by atoms with E-state index in [1.807, 2.05) is 61.5 Å². The van der Waals surface area contributed by atoms with Gasteiger partial charge in [0.05, 0.1) is 29.9 Å². The highest BCUT2D eigenvalue weighted by Crippen LogP contribution is 2.32. The molecular weight excluding hydrogens is 328 g/mol. The Bertz CT molecular complexity index is 1050. The normalized spacial score (nSPS) is 11.0. The second kappa shape index (κ2) is 7.31. The first-order valence-corrected chi connectivity index (χ1v) is 8.57. The van der Waals surface area contributed by atoms with E-state index in [1.54, 1.807) is 0 Å². The van der Waals surface area contributed by atoms with Gasteiger partial charge in [0.2, 0.25) is 0 Å². The highest BCUT2D eigenvalue weighted by Gasteiger charge is 2.13. The van der Waals surface area contributed by atoms with Crippen LogP contribution >= 0.6 is 0 Å². The summed E-state index contributed by atoms with van der Waals surface area (Å²) >= 11 is 0. The van der Waals surface area contributed by atoms with E-state index in [4.69, 9.17) is 9.47 Å². The lowest BCUT2D eigenvalue weighted by Gasteiger charge is -2.12. The highest BCUT2D eigenvalue weighted by molar-refractivity contribution is 5.86. The molecule has 0 aliphatic heterocycles. The van der Waals surface area contributed by atoms with E-state index >= 15 is 0 Å². The van der Waals surface area contributed by atoms with Crippen LogP contribution in [0.1, 0.15) is 12.6 Å². The van der Waals surface area contributed by atoms with E-state index in [-0.39, 0.29) is 0 Å². The smallest absolute Gasteiger partial charge is 0.277 e. The van der Waals surface area contributed by atoms with Gasteiger partial charge in [-0.25, -0.2) is 0 Å². The van der Waals surface area contributed by atoms with Crippen molar-refractivity contribution in [2.75, 3.05) is 13.2 Å². The maximum Gasteiger partial charge on any atom is 0.277 e. The van der Waals surface area contributed by atoms with Crippen LogP contribution in [0.3, 0.4) is 0 Å². The predicted molar refractivity (Wildman–Crippen MR) is 99.4 cm³/mol. The standard InChI is InChI=1S/C20H18N4O2/c1-2-25-19-16-8-4-6-10-18(16)23-24-20(19)26-12-11-15-13-14-7-3-5-9-17(14)22-21-15/h3-10,13H,2,11-12H2,1H3. The zero-order valence-electron chi connectivity index (χ0n) is 14.4. The molecule has 6 nitrogen and oxygen atoms in total. The third-order valence-corrected chi connectivity index (χ3v) is 4.02. The average molecular weight is 346 g/mol. The average Bonchev–Trinajstić information content (AvgIpc) is 2.69. The molecule has 0 aliphatic carbocycles. The number of rotatable bonds is 6. The van der Waals surface area contributed by atoms with Crippen LogP contribution in [0.15, 0.2) is 54.6 Å². The lowest BCUT2D eigenvalue weighted by molar-refractivity contribution is 0.268. The largest absolute Gasteiger partial charge is 0.488 e. The van der Waals surface area contributed by atoms with Gasteiger partial charge in [0, 0.05) is 17.2 Å². The third-order valence-electron chi connectivity index (χ3n) is 4.02. The van der Waals surface area contributed by atoms with Crippen molar-refractivity contribution in [2.45, 2.75) is 13.3 Å². The monoisotopic (exact) mass is 346 g/mol. The minimum Gasteiger partial charge on any atom is -0.488 e. The molecule has 2 aromatic carbocycles. The van der Waals surface area contributed by atoms with Crippen LogP contribution < -0.4 is 9.47 Å². The molecule has 0 bridgehead atoms. The molecule has 4 aromatic rings. The van der Waals surface area contributed by atoms with Crippen LogP contribution in [0.25, 0.3) is 21.8 Å². The summed E-state index contributed by atoms with van der Waals surface area (Å²) in [5.74, 6) is 1.03. The Morgan fingerprint density at radius 3 is 2.46 bits per heavy atom. The second-order valence-electron chi connectivity index (χ2n) is 5.78. The Morgan fingerprint density at radius 1 is 0.808 bits per heavy atom. The summed E-state index contributed by atoms with van der Waals surface area (Å²) in [7, 11) is 0. The van der Waals surface area contributed by atoms with E-state index in [9.17, 15) is 0 Å². The van der Waals surface area contributed by atoms with E-state index in [2.05, 4.69) is 20.4 Å². The Hall–Kier alpha value is -3.28. The van der Waals surface area contributed by atoms with Gasteiger partial charge in [-0.3, -0.25) is 0 Å². The molecule has 2 heterocycles. The van der Waals surface area contributed by atoms with Crippen molar-refractivity contribution in [3.63, 3.8) is 0 Å². The van der Waals surface area contributed by atoms with Gasteiger partial charge in [0.1, 0.15) is 0 Å². The minimum atomic E-state index is 0.402. The van der Waals surface area contributed by atoms with E-state index in [0.29, 0.717) is 31.3 Å². The van der Waals surface area contributed by atoms with Gasteiger partial charge in [-0.15, -0.1) is 10.2 Å². The molecular formula is C20H18N4O2. The van der Waals surface area contributed by atoms with Gasteiger partial charge >= 0.3 is 0 Å². The number of ether oxygens (including phenoxy) is 2. The first-order valence-electron chi connectivity index (χ1n) is 8.57. The third kappa shape index (κ3) is 3.26. The van der Waals surface area contributed by atoms with Crippen molar-refractivity contribution >= 4 is 21.8 Å². The molecule has 130 valence electrons. The number of benzene rings is 2. The lowest BCUT2D eigenvalue weighted by Crippen LogP contribution is -2.07. The quantitative estimate of drug-likeness (QED) is 0.531. The SMILES string of the molecule is CCOc1c(OCCc2cc3ccccc3nn2)nnc2ccccc12. The molecule has 0 N–H and O–H groups in total. The molecule has 0 atom stereocenters. The molecule has 0 saturated heterocycles. The summed E-state index contributed by atoms with van der Waals surface area (Å²) in [5, 5.41) is 18.8. The Labute approximate surface area is 150 Å². The molecule has 0 aliphatic rings. The van der Waals surface area contributed by atoms with Gasteiger partial charge in [0.15, 0.2) is 5.75 Å². The topological polar surface area (TPSA) is 70.0 Å². The predicted octanol–water partition coefficient (Wildman–Crippen LogP) is 3.59. The van der Waals surface area contributed by atoms with Gasteiger partial charge in [-0.2, -0.15) is 10.2 Å². The number of aromatic nitrogens is 4. The first-order chi connectivity index (χ1) is 12.8. The van der Waals surface area contributed by atoms with E-state index < -0.39 is 0 Å². The van der Waals surface area contributed by atoms with Crippen LogP contribution in [0, 0.1) is 0 Å². The Balaban J connectivity index is 1.52. The van der Waals surface area contributed by atoms with Crippen molar-refractivity contribution < 1.29 is 9.47 Å². The molecule has 0 spiro atoms. The van der Waals surface area contributed by atoms with Gasteiger partial charge < -0.3 is 9.47 Å². The Morgan fingerprint density at radius 2 is 1.58 bits per heavy atom. The van der Waals surface area contributed by atoms with E-state index in [1.165, 1.54) is 0 Å². The molecule has 4 rings (SSSR count). The number of hydrogen-bond acceptors (Lipinski definition) is 6. The number of nitrogens with zero attached hydrogens (tertiary/aromatic N) is 4. The fourth-order valence-corrected chi connectivity index (χ4v) is 2.79. The molecule has 0 unspecified atom stereocenters. The van der Waals surface area contributed by atoms with Crippen molar-refractivity contribution in [1.29, 1.82) is 0 Å². The molecule has 2 aromatic heterocycles. The fraction of sp³-hybridized carbons (Fsp3) is 0.200. The summed E-state index contributed by atoms with van der Waals surface area (Å²) in [5.41, 5.74) is 2.54. The summed E-state index contributed by atoms with van der Waals surface area (Å²) < 4.78 is 11.6. The summed E-state index contributed by atoms with van der Waals surface area (Å²) in [6, 6.07) is 17.7. The van der Waals surface area contributed by atoms with Crippen LogP contribution in [-0.2, 0) is 6.42 Å². The van der Waals surface area contributed by atoms with Crippen LogP contribution in [0.4, 0.5) is 0 Å². The summed E-state index contributed by atoms with van der Waals surface area (Å²) in [6.07, 6.45) is 0.623. The lowest BCUT2D eigenvalue weighted by atomic mass is 10.2. The van der Waals surface area contributed by atoms with Gasteiger partial charge in [0.25, 0.3) is 5.88 Å². The summed E-state index contributed by atoms with van der Waals surface area (Å²) in [4.78, 5) is 0. The summed E-state index contributed by atoms with van der Waals surface area (Å²) in [6.45, 7) is 2.88. The number of fused-ring (bicyclic) bond motifs is 2. The fourth-order valence-electron chi connectivity index (χ4n) is 2.79. The first kappa shape index (κ1) is 16.2. The van der Waals surface area contributed by atoms with Crippen LogP contribution in [0.2, 0.25) is 0 Å². The molecule has 26 heavy (non-hydrogen) atoms. The molecule has 6 heteroatoms. The van der Waals surface area contributed by atoms with Crippen molar-refractivity contribution in [3.8, 4) is 11.6 Å². The van der Waals surface area contributed by atoms with Crippen molar-refractivity contribution in [2.24, 2.45) is 0 Å². The minimum absolute atomic E-state index is 0.402. The maximum absolute atomic E-state index is 5.85. The van der Waals surface area contributed by atoms with Gasteiger partial charge in [-0.05, 0) is 31.2 Å². The number of hydrogen-bond donors (Lipinski definition) is 0. The van der Waals surface area contributed by atoms with Crippen LogP contribution in [0.5, 0.6) is 11.6 Å². The van der Waals surface area contributed by atoms with Crippen molar-refractivity contribution in [1.82, 2.24) is 20.4 Å². The molecule has 0 radical (unpaired) electrons. The highest BCUT2D eigenvalue weighted by atomic mass is 16.5. The molecule has 0 fully saturated rings. The maximum atomic E-state index is 5.85. The molecule has 0 amide bonds. The Kier molecular flexibility index (Phi) is 4.55. The second-order valence-corrected chi connectivity index (χ2v) is 5.78. The zero-order valence-corrected chi connectivity index (χ0v) is 14.4. The van der Waals surface area contributed by atoms with Crippen LogP contribution in [-0.4, -0.2) is 33.6 Å². The van der Waals surface area contributed by atoms with E-state index in [0.717, 1.165) is 27.5 Å². The zero-order chi connectivity index (χ0) is 17.8. The van der Waals surface area contributed by atoms with Crippen molar-refractivity contribution in [3.05, 3.63) is 60.3 Å². The molecule has 0 saturated carbocycles.